The lowest BCUT2D eigenvalue weighted by Crippen LogP contribution is -2.30. The molecule has 3 rings (SSSR count). The predicted octanol–water partition coefficient (Wildman–Crippen LogP) is 5.08. The molecule has 1 heterocycles. The molecule has 22 heavy (non-hydrogen) atoms. The van der Waals surface area contributed by atoms with Gasteiger partial charge in [0.15, 0.2) is 0 Å². The van der Waals surface area contributed by atoms with Gasteiger partial charge in [0.2, 0.25) is 0 Å². The van der Waals surface area contributed by atoms with E-state index in [1.54, 1.807) is 0 Å². The zero-order chi connectivity index (χ0) is 15.7. The summed E-state index contributed by atoms with van der Waals surface area (Å²) in [5.74, 6) is 0. The van der Waals surface area contributed by atoms with Crippen LogP contribution in [0.5, 0.6) is 0 Å². The van der Waals surface area contributed by atoms with Gasteiger partial charge in [0, 0.05) is 33.2 Å². The Morgan fingerprint density at radius 1 is 1.00 bits per heavy atom. The van der Waals surface area contributed by atoms with Gasteiger partial charge in [-0.25, -0.2) is 0 Å². The summed E-state index contributed by atoms with van der Waals surface area (Å²) in [6, 6.07) is 16.2. The number of fused-ring (bicyclic) bond motifs is 1. The van der Waals surface area contributed by atoms with E-state index in [0.717, 1.165) is 27.4 Å². The van der Waals surface area contributed by atoms with Gasteiger partial charge in [-0.05, 0) is 55.3 Å². The minimum absolute atomic E-state index is 0.0296. The first-order valence-corrected chi connectivity index (χ1v) is 8.06. The fourth-order valence-corrected chi connectivity index (χ4v) is 3.13. The van der Waals surface area contributed by atoms with E-state index >= 15 is 0 Å². The van der Waals surface area contributed by atoms with E-state index in [0.29, 0.717) is 0 Å². The van der Waals surface area contributed by atoms with Gasteiger partial charge in [-0.15, -0.1) is 0 Å². The molecule has 1 aromatic heterocycles. The minimum Gasteiger partial charge on any atom is -0.343 e. The smallest absolute Gasteiger partial charge is 0.0525 e. The minimum atomic E-state index is 0.0296. The van der Waals surface area contributed by atoms with Crippen molar-refractivity contribution >= 4 is 34.1 Å². The van der Waals surface area contributed by atoms with Crippen molar-refractivity contribution in [2.24, 2.45) is 5.73 Å². The van der Waals surface area contributed by atoms with Crippen LogP contribution >= 0.6 is 23.2 Å². The van der Waals surface area contributed by atoms with Crippen molar-refractivity contribution in [2.45, 2.75) is 25.4 Å². The highest BCUT2D eigenvalue weighted by atomic mass is 35.5. The third-order valence-electron chi connectivity index (χ3n) is 4.00. The Bertz CT molecular complexity index is 775. The monoisotopic (exact) mass is 332 g/mol. The summed E-state index contributed by atoms with van der Waals surface area (Å²) in [5, 5.41) is 2.64. The highest BCUT2D eigenvalue weighted by Gasteiger charge is 2.18. The van der Waals surface area contributed by atoms with E-state index in [2.05, 4.69) is 35.0 Å². The van der Waals surface area contributed by atoms with Crippen LogP contribution in [0.1, 0.15) is 18.5 Å². The lowest BCUT2D eigenvalue weighted by atomic mass is 10.0. The van der Waals surface area contributed by atoms with Crippen LogP contribution in [0.4, 0.5) is 0 Å². The number of hydrogen-bond acceptors (Lipinski definition) is 1. The maximum absolute atomic E-state index is 6.25. The van der Waals surface area contributed by atoms with E-state index in [4.69, 9.17) is 28.9 Å². The first-order chi connectivity index (χ1) is 10.5. The molecule has 0 aliphatic heterocycles. The Hall–Kier alpha value is -1.48. The number of hydrogen-bond donors (Lipinski definition) is 1. The highest BCUT2D eigenvalue weighted by molar-refractivity contribution is 6.31. The Kier molecular flexibility index (Phi) is 4.44. The largest absolute Gasteiger partial charge is 0.343 e. The molecule has 0 radical (unpaired) electrons. The molecule has 2 aromatic carbocycles. The molecule has 4 heteroatoms. The van der Waals surface area contributed by atoms with Crippen LogP contribution in [-0.2, 0) is 6.42 Å². The summed E-state index contributed by atoms with van der Waals surface area (Å²) in [7, 11) is 0. The lowest BCUT2D eigenvalue weighted by molar-refractivity contribution is 0.438. The zero-order valence-electron chi connectivity index (χ0n) is 12.3. The lowest BCUT2D eigenvalue weighted by Gasteiger charge is -2.24. The van der Waals surface area contributed by atoms with Gasteiger partial charge in [0.25, 0.3) is 0 Å². The third kappa shape index (κ3) is 3.14. The summed E-state index contributed by atoms with van der Waals surface area (Å²) in [5.41, 5.74) is 8.63. The molecule has 2 nitrogen and oxygen atoms in total. The van der Waals surface area contributed by atoms with Crippen molar-refractivity contribution in [3.8, 4) is 0 Å². The second kappa shape index (κ2) is 6.33. The summed E-state index contributed by atoms with van der Waals surface area (Å²) >= 11 is 12.0. The molecule has 2 unspecified atom stereocenters. The predicted molar refractivity (Wildman–Crippen MR) is 94.8 cm³/mol. The molecule has 0 aliphatic carbocycles. The molecule has 3 aromatic rings. The van der Waals surface area contributed by atoms with E-state index in [1.807, 2.05) is 31.2 Å². The fourth-order valence-electron chi connectivity index (χ4n) is 2.82. The summed E-state index contributed by atoms with van der Waals surface area (Å²) in [6.45, 7) is 2.04. The van der Waals surface area contributed by atoms with E-state index in [1.165, 1.54) is 5.56 Å². The first-order valence-electron chi connectivity index (χ1n) is 7.31. The molecule has 114 valence electrons. The number of benzene rings is 2. The Labute approximate surface area is 140 Å². The van der Waals surface area contributed by atoms with Crippen LogP contribution in [0, 0.1) is 0 Å². The summed E-state index contributed by atoms with van der Waals surface area (Å²) in [6.07, 6.45) is 2.95. The van der Waals surface area contributed by atoms with Gasteiger partial charge in [-0.2, -0.15) is 0 Å². The number of rotatable bonds is 4. The third-order valence-corrected chi connectivity index (χ3v) is 4.49. The fraction of sp³-hybridized carbons (Fsp3) is 0.222. The molecule has 0 saturated heterocycles. The topological polar surface area (TPSA) is 30.9 Å². The van der Waals surface area contributed by atoms with Crippen LogP contribution in [0.15, 0.2) is 54.7 Å². The molecular formula is C18H18Cl2N2. The second-order valence-corrected chi connectivity index (χ2v) is 6.56. The van der Waals surface area contributed by atoms with Crippen LogP contribution in [-0.4, -0.2) is 10.6 Å². The van der Waals surface area contributed by atoms with Crippen LogP contribution in [0.3, 0.4) is 0 Å². The average molecular weight is 333 g/mol. The maximum Gasteiger partial charge on any atom is 0.0525 e. The molecule has 0 spiro atoms. The normalized spacial score (nSPS) is 14.2. The van der Waals surface area contributed by atoms with Crippen molar-refractivity contribution in [3.63, 3.8) is 0 Å². The quantitative estimate of drug-likeness (QED) is 0.709. The highest BCUT2D eigenvalue weighted by Crippen LogP contribution is 2.27. The van der Waals surface area contributed by atoms with Crippen LogP contribution in [0.2, 0.25) is 10.0 Å². The van der Waals surface area contributed by atoms with E-state index < -0.39 is 0 Å². The maximum atomic E-state index is 6.25. The average Bonchev–Trinajstić information content (AvgIpc) is 2.89. The summed E-state index contributed by atoms with van der Waals surface area (Å²) in [4.78, 5) is 0. The van der Waals surface area contributed by atoms with Crippen molar-refractivity contribution in [1.82, 2.24) is 4.57 Å². The first kappa shape index (κ1) is 15.4. The van der Waals surface area contributed by atoms with Crippen molar-refractivity contribution in [1.29, 1.82) is 0 Å². The van der Waals surface area contributed by atoms with E-state index in [9.17, 15) is 0 Å². The van der Waals surface area contributed by atoms with Crippen molar-refractivity contribution in [2.75, 3.05) is 0 Å². The van der Waals surface area contributed by atoms with Crippen molar-refractivity contribution in [3.05, 3.63) is 70.3 Å². The van der Waals surface area contributed by atoms with Gasteiger partial charge in [-0.3, -0.25) is 0 Å². The summed E-state index contributed by atoms with van der Waals surface area (Å²) < 4.78 is 2.24. The molecule has 0 amide bonds. The number of aromatic nitrogens is 1. The molecule has 0 saturated carbocycles. The number of nitrogens with zero attached hydrogens (tertiary/aromatic N) is 1. The van der Waals surface area contributed by atoms with Gasteiger partial charge in [0.1, 0.15) is 0 Å². The second-order valence-electron chi connectivity index (χ2n) is 5.68. The molecule has 0 aliphatic rings. The molecule has 0 bridgehead atoms. The molecule has 2 atom stereocenters. The van der Waals surface area contributed by atoms with Gasteiger partial charge >= 0.3 is 0 Å². The SMILES string of the molecule is CC(N)C(Cc1ccc(Cl)cc1)n1ccc2cc(Cl)ccc21. The zero-order valence-corrected chi connectivity index (χ0v) is 13.9. The Morgan fingerprint density at radius 3 is 2.36 bits per heavy atom. The van der Waals surface area contributed by atoms with Gasteiger partial charge in [0.05, 0.1) is 6.04 Å². The van der Waals surface area contributed by atoms with Crippen LogP contribution in [0.25, 0.3) is 10.9 Å². The van der Waals surface area contributed by atoms with E-state index in [-0.39, 0.29) is 12.1 Å². The van der Waals surface area contributed by atoms with Crippen LogP contribution < -0.4 is 5.73 Å². The molecular weight excluding hydrogens is 315 g/mol. The molecule has 0 fully saturated rings. The Morgan fingerprint density at radius 2 is 1.68 bits per heavy atom. The standard InChI is InChI=1S/C18H18Cl2N2/c1-12(21)18(10-13-2-4-15(19)5-3-13)22-9-8-14-11-16(20)6-7-17(14)22/h2-9,11-12,18H,10,21H2,1H3. The van der Waals surface area contributed by atoms with Crippen molar-refractivity contribution < 1.29 is 0 Å². The van der Waals surface area contributed by atoms with Gasteiger partial charge < -0.3 is 10.3 Å². The number of nitrogens with two attached hydrogens (primary N) is 1. The Balaban J connectivity index is 1.97. The number of halogens is 2. The molecule has 2 N–H and O–H groups in total. The van der Waals surface area contributed by atoms with Gasteiger partial charge in [-0.1, -0.05) is 35.3 Å².